The summed E-state index contributed by atoms with van der Waals surface area (Å²) in [6.07, 6.45) is 5.67. The van der Waals surface area contributed by atoms with E-state index in [-0.39, 0.29) is 24.3 Å². The van der Waals surface area contributed by atoms with Crippen molar-refractivity contribution in [2.24, 2.45) is 0 Å². The number of fused-ring (bicyclic) bond motifs is 2. The van der Waals surface area contributed by atoms with Gasteiger partial charge in [-0.25, -0.2) is 0 Å². The summed E-state index contributed by atoms with van der Waals surface area (Å²) < 4.78 is 6.35. The Kier molecular flexibility index (Phi) is 6.79. The number of piperidine rings is 1. The molecule has 0 bridgehead atoms. The molecular formula is C30H27Cl3N2O3. The first-order valence-corrected chi connectivity index (χ1v) is 14.1. The lowest BCUT2D eigenvalue weighted by Gasteiger charge is -2.46. The van der Waals surface area contributed by atoms with Crippen molar-refractivity contribution in [3.8, 4) is 5.75 Å². The molecule has 1 aliphatic carbocycles. The van der Waals surface area contributed by atoms with E-state index in [0.717, 1.165) is 42.4 Å². The van der Waals surface area contributed by atoms with Crippen LogP contribution < -0.4 is 15.4 Å². The molecule has 2 aliphatic heterocycles. The van der Waals surface area contributed by atoms with Gasteiger partial charge in [0.25, 0.3) is 0 Å². The maximum atomic E-state index is 14.2. The van der Waals surface area contributed by atoms with Crippen molar-refractivity contribution in [1.29, 1.82) is 0 Å². The van der Waals surface area contributed by atoms with Crippen LogP contribution in [0.25, 0.3) is 0 Å². The molecule has 196 valence electrons. The third kappa shape index (κ3) is 4.35. The van der Waals surface area contributed by atoms with Gasteiger partial charge in [0.15, 0.2) is 0 Å². The molecule has 3 aromatic rings. The number of ether oxygens (including phenoxy) is 1. The Morgan fingerprint density at radius 2 is 1.63 bits per heavy atom. The van der Waals surface area contributed by atoms with Gasteiger partial charge >= 0.3 is 0 Å². The highest BCUT2D eigenvalue weighted by molar-refractivity contribution is 6.32. The number of carbonyl (C=O) groups excluding carboxylic acids is 2. The van der Waals surface area contributed by atoms with Crippen molar-refractivity contribution in [2.45, 2.75) is 62.0 Å². The van der Waals surface area contributed by atoms with E-state index in [1.54, 1.807) is 24.3 Å². The lowest BCUT2D eigenvalue weighted by atomic mass is 9.59. The van der Waals surface area contributed by atoms with Crippen molar-refractivity contribution in [3.05, 3.63) is 92.4 Å². The smallest absolute Gasteiger partial charge is 0.238 e. The molecule has 2 heterocycles. The zero-order chi connectivity index (χ0) is 26.4. The van der Waals surface area contributed by atoms with Crippen LogP contribution >= 0.6 is 34.8 Å². The van der Waals surface area contributed by atoms with E-state index >= 15 is 0 Å². The molecule has 0 radical (unpaired) electrons. The minimum Gasteiger partial charge on any atom is -0.489 e. The maximum Gasteiger partial charge on any atom is 0.238 e. The topological polar surface area (TPSA) is 67.4 Å². The van der Waals surface area contributed by atoms with Gasteiger partial charge in [0.2, 0.25) is 11.8 Å². The van der Waals surface area contributed by atoms with Gasteiger partial charge in [0.1, 0.15) is 11.2 Å². The fourth-order valence-corrected chi connectivity index (χ4v) is 6.98. The quantitative estimate of drug-likeness (QED) is 0.340. The van der Waals surface area contributed by atoms with Gasteiger partial charge in [0, 0.05) is 28.1 Å². The average molecular weight is 570 g/mol. The minimum absolute atomic E-state index is 0.100. The lowest BCUT2D eigenvalue weighted by Crippen LogP contribution is -2.56. The third-order valence-electron chi connectivity index (χ3n) is 8.14. The first-order chi connectivity index (χ1) is 18.4. The second kappa shape index (κ2) is 10.1. The SMILES string of the molecule is O=C1C[C@@H](c2cccc(Cl)c2)[C@]2(C(=O)Nc3cc(Cl)ccc32)[C@@H](c2ccc(Cl)c(OC3CCCCC3)c2)N1. The Labute approximate surface area is 236 Å². The Balaban J connectivity index is 1.52. The van der Waals surface area contributed by atoms with Gasteiger partial charge < -0.3 is 15.4 Å². The van der Waals surface area contributed by atoms with E-state index in [1.807, 2.05) is 36.4 Å². The Hall–Kier alpha value is -2.73. The van der Waals surface area contributed by atoms with E-state index in [4.69, 9.17) is 39.5 Å². The molecule has 1 saturated carbocycles. The summed E-state index contributed by atoms with van der Waals surface area (Å²) in [5.74, 6) is -0.249. The molecule has 2 amide bonds. The zero-order valence-corrected chi connectivity index (χ0v) is 22.9. The standard InChI is InChI=1S/C30H27Cl3N2O3/c31-19-6-4-5-17(13-19)23-16-27(36)35-28(30(23)22-11-10-20(32)15-25(22)34-29(30)37)18-9-12-24(33)26(14-18)38-21-7-2-1-3-8-21/h4-6,9-15,21,23,28H,1-3,7-8,16H2,(H,34,37)(H,35,36)/t23-,28+,30-/m0/s1. The molecular weight excluding hydrogens is 543 g/mol. The molecule has 2 fully saturated rings. The maximum absolute atomic E-state index is 14.2. The number of hydrogen-bond donors (Lipinski definition) is 2. The Bertz CT molecular complexity index is 1420. The molecule has 3 aromatic carbocycles. The summed E-state index contributed by atoms with van der Waals surface area (Å²) in [6.45, 7) is 0. The Morgan fingerprint density at radius 1 is 0.842 bits per heavy atom. The van der Waals surface area contributed by atoms with E-state index in [0.29, 0.717) is 26.5 Å². The second-order valence-corrected chi connectivity index (χ2v) is 11.7. The van der Waals surface area contributed by atoms with Gasteiger partial charge in [-0.3, -0.25) is 9.59 Å². The van der Waals surface area contributed by atoms with Crippen molar-refractivity contribution in [3.63, 3.8) is 0 Å². The summed E-state index contributed by atoms with van der Waals surface area (Å²) in [6, 6.07) is 17.7. The van der Waals surface area contributed by atoms with E-state index in [2.05, 4.69) is 10.6 Å². The number of anilines is 1. The lowest BCUT2D eigenvalue weighted by molar-refractivity contribution is -0.131. The van der Waals surface area contributed by atoms with Crippen molar-refractivity contribution in [2.75, 3.05) is 5.32 Å². The molecule has 8 heteroatoms. The number of halogens is 3. The van der Waals surface area contributed by atoms with Gasteiger partial charge in [0.05, 0.1) is 17.2 Å². The first kappa shape index (κ1) is 25.5. The van der Waals surface area contributed by atoms with E-state index in [9.17, 15) is 9.59 Å². The summed E-state index contributed by atoms with van der Waals surface area (Å²) >= 11 is 19.3. The van der Waals surface area contributed by atoms with Crippen molar-refractivity contribution in [1.82, 2.24) is 5.32 Å². The number of amides is 2. The number of nitrogens with one attached hydrogen (secondary N) is 2. The molecule has 1 spiro atoms. The van der Waals surface area contributed by atoms with Crippen LogP contribution in [0.5, 0.6) is 5.75 Å². The normalized spacial score (nSPS) is 25.1. The summed E-state index contributed by atoms with van der Waals surface area (Å²) in [5.41, 5.74) is 1.85. The largest absolute Gasteiger partial charge is 0.489 e. The highest BCUT2D eigenvalue weighted by Crippen LogP contribution is 2.58. The second-order valence-electron chi connectivity index (χ2n) is 10.4. The molecule has 0 aromatic heterocycles. The zero-order valence-electron chi connectivity index (χ0n) is 20.6. The molecule has 38 heavy (non-hydrogen) atoms. The molecule has 2 N–H and O–H groups in total. The van der Waals surface area contributed by atoms with Crippen LogP contribution in [0.3, 0.4) is 0 Å². The molecule has 5 nitrogen and oxygen atoms in total. The molecule has 0 unspecified atom stereocenters. The van der Waals surface area contributed by atoms with Crippen LogP contribution in [0.2, 0.25) is 15.1 Å². The molecule has 6 rings (SSSR count). The fraction of sp³-hybridized carbons (Fsp3) is 0.333. The van der Waals surface area contributed by atoms with Crippen LogP contribution in [0, 0.1) is 0 Å². The predicted molar refractivity (Wildman–Crippen MR) is 150 cm³/mol. The first-order valence-electron chi connectivity index (χ1n) is 13.0. The van der Waals surface area contributed by atoms with Crippen LogP contribution in [0.15, 0.2) is 60.7 Å². The van der Waals surface area contributed by atoms with Gasteiger partial charge in [-0.15, -0.1) is 0 Å². The third-order valence-corrected chi connectivity index (χ3v) is 8.92. The van der Waals surface area contributed by atoms with Crippen LogP contribution in [0.4, 0.5) is 5.69 Å². The van der Waals surface area contributed by atoms with Crippen molar-refractivity contribution >= 4 is 52.3 Å². The molecule has 3 atom stereocenters. The van der Waals surface area contributed by atoms with Crippen molar-refractivity contribution < 1.29 is 14.3 Å². The minimum atomic E-state index is -1.14. The highest BCUT2D eigenvalue weighted by atomic mass is 35.5. The summed E-state index contributed by atoms with van der Waals surface area (Å²) in [5, 5.41) is 7.78. The van der Waals surface area contributed by atoms with Crippen LogP contribution in [0.1, 0.15) is 67.2 Å². The number of carbonyl (C=O) groups is 2. The van der Waals surface area contributed by atoms with Gasteiger partial charge in [-0.05, 0) is 78.8 Å². The monoisotopic (exact) mass is 568 g/mol. The Morgan fingerprint density at radius 3 is 2.42 bits per heavy atom. The average Bonchev–Trinajstić information content (AvgIpc) is 3.18. The molecule has 3 aliphatic rings. The highest BCUT2D eigenvalue weighted by Gasteiger charge is 2.61. The van der Waals surface area contributed by atoms with Crippen LogP contribution in [-0.4, -0.2) is 17.9 Å². The number of benzene rings is 3. The van der Waals surface area contributed by atoms with Gasteiger partial charge in [-0.1, -0.05) is 65.5 Å². The molecule has 1 saturated heterocycles. The predicted octanol–water partition coefficient (Wildman–Crippen LogP) is 7.59. The van der Waals surface area contributed by atoms with E-state index in [1.165, 1.54) is 6.42 Å². The summed E-state index contributed by atoms with van der Waals surface area (Å²) in [4.78, 5) is 27.4. The number of rotatable bonds is 4. The van der Waals surface area contributed by atoms with Gasteiger partial charge in [-0.2, -0.15) is 0 Å². The number of hydrogen-bond acceptors (Lipinski definition) is 3. The summed E-state index contributed by atoms with van der Waals surface area (Å²) in [7, 11) is 0. The van der Waals surface area contributed by atoms with Crippen LogP contribution in [-0.2, 0) is 15.0 Å². The fourth-order valence-electron chi connectivity index (χ4n) is 6.45. The van der Waals surface area contributed by atoms with E-state index < -0.39 is 17.4 Å².